The number of para-hydroxylation sites is 2. The molecular formula is C19H15FN4O2S. The van der Waals surface area contributed by atoms with Crippen LogP contribution >= 0.6 is 11.8 Å². The Labute approximate surface area is 159 Å². The Hall–Kier alpha value is -3.13. The second-order valence-electron chi connectivity index (χ2n) is 5.57. The summed E-state index contributed by atoms with van der Waals surface area (Å²) in [4.78, 5) is 4.29. The van der Waals surface area contributed by atoms with Gasteiger partial charge in [0.05, 0.1) is 24.7 Å². The fraction of sp³-hybridized carbons (Fsp3) is 0.105. The third-order valence-electron chi connectivity index (χ3n) is 3.87. The summed E-state index contributed by atoms with van der Waals surface area (Å²) in [5, 5.41) is 8.86. The molecule has 27 heavy (non-hydrogen) atoms. The van der Waals surface area contributed by atoms with Crippen LogP contribution in [0.5, 0.6) is 5.75 Å². The zero-order chi connectivity index (χ0) is 18.6. The van der Waals surface area contributed by atoms with Crippen LogP contribution in [0, 0.1) is 5.82 Å². The normalized spacial score (nSPS) is 10.9. The van der Waals surface area contributed by atoms with Gasteiger partial charge in [0.15, 0.2) is 10.9 Å². The van der Waals surface area contributed by atoms with Gasteiger partial charge >= 0.3 is 0 Å². The molecule has 0 aliphatic carbocycles. The predicted octanol–water partition coefficient (Wildman–Crippen LogP) is 4.36. The first-order valence-corrected chi connectivity index (χ1v) is 9.10. The van der Waals surface area contributed by atoms with Gasteiger partial charge in [-0.1, -0.05) is 23.9 Å². The number of thioether (sulfide) groups is 1. The van der Waals surface area contributed by atoms with Crippen molar-refractivity contribution in [1.82, 2.24) is 19.7 Å². The second-order valence-corrected chi connectivity index (χ2v) is 6.51. The van der Waals surface area contributed by atoms with Crippen LogP contribution in [0.2, 0.25) is 0 Å². The van der Waals surface area contributed by atoms with Crippen molar-refractivity contribution >= 4 is 11.8 Å². The molecule has 136 valence electrons. The Balaban J connectivity index is 1.51. The molecule has 0 atom stereocenters. The van der Waals surface area contributed by atoms with Crippen molar-refractivity contribution in [2.24, 2.45) is 0 Å². The van der Waals surface area contributed by atoms with Gasteiger partial charge in [0, 0.05) is 5.56 Å². The standard InChI is InChI=1S/C19H15FN4O2S/c1-25-16-5-3-2-4-15(16)24-12-22-23-19(24)27-11-18-21-10-17(26-18)13-6-8-14(20)9-7-13/h2-10,12H,11H2,1H3. The SMILES string of the molecule is COc1ccccc1-n1cnnc1SCc1ncc(-c2ccc(F)cc2)o1. The van der Waals surface area contributed by atoms with Gasteiger partial charge in [-0.15, -0.1) is 10.2 Å². The maximum Gasteiger partial charge on any atom is 0.205 e. The van der Waals surface area contributed by atoms with E-state index in [1.165, 1.54) is 23.9 Å². The number of methoxy groups -OCH3 is 1. The van der Waals surface area contributed by atoms with Gasteiger partial charge in [-0.05, 0) is 36.4 Å². The highest BCUT2D eigenvalue weighted by Crippen LogP contribution is 2.29. The smallest absolute Gasteiger partial charge is 0.205 e. The van der Waals surface area contributed by atoms with E-state index in [1.54, 1.807) is 31.8 Å². The van der Waals surface area contributed by atoms with E-state index in [1.807, 2.05) is 28.8 Å². The number of aromatic nitrogens is 4. The average molecular weight is 382 g/mol. The minimum atomic E-state index is -0.287. The highest BCUT2D eigenvalue weighted by molar-refractivity contribution is 7.98. The zero-order valence-corrected chi connectivity index (χ0v) is 15.2. The molecule has 0 aliphatic heterocycles. The van der Waals surface area contributed by atoms with Crippen molar-refractivity contribution in [3.05, 3.63) is 72.8 Å². The van der Waals surface area contributed by atoms with Crippen molar-refractivity contribution in [3.8, 4) is 22.8 Å². The molecule has 0 spiro atoms. The summed E-state index contributed by atoms with van der Waals surface area (Å²) >= 11 is 1.45. The molecule has 0 amide bonds. The van der Waals surface area contributed by atoms with Crippen LogP contribution in [0.3, 0.4) is 0 Å². The van der Waals surface area contributed by atoms with Gasteiger partial charge in [-0.3, -0.25) is 4.57 Å². The van der Waals surface area contributed by atoms with Crippen LogP contribution in [0.15, 0.2) is 70.6 Å². The van der Waals surface area contributed by atoms with Crippen LogP contribution < -0.4 is 4.74 Å². The fourth-order valence-corrected chi connectivity index (χ4v) is 3.34. The van der Waals surface area contributed by atoms with Crippen LogP contribution in [0.25, 0.3) is 17.0 Å². The van der Waals surface area contributed by atoms with E-state index in [4.69, 9.17) is 9.15 Å². The molecule has 8 heteroatoms. The highest BCUT2D eigenvalue weighted by Gasteiger charge is 2.13. The van der Waals surface area contributed by atoms with Crippen molar-refractivity contribution in [2.75, 3.05) is 7.11 Å². The first-order chi connectivity index (χ1) is 13.2. The summed E-state index contributed by atoms with van der Waals surface area (Å²) in [6.07, 6.45) is 3.27. The Morgan fingerprint density at radius 2 is 1.96 bits per heavy atom. The Morgan fingerprint density at radius 3 is 2.78 bits per heavy atom. The number of rotatable bonds is 6. The third kappa shape index (κ3) is 3.70. The second kappa shape index (κ2) is 7.63. The van der Waals surface area contributed by atoms with Crippen LogP contribution in [0.4, 0.5) is 4.39 Å². The molecule has 4 rings (SSSR count). The molecule has 0 N–H and O–H groups in total. The Morgan fingerprint density at radius 1 is 1.15 bits per heavy atom. The molecule has 0 unspecified atom stereocenters. The van der Waals surface area contributed by atoms with Crippen LogP contribution in [-0.4, -0.2) is 26.9 Å². The van der Waals surface area contributed by atoms with Crippen molar-refractivity contribution in [3.63, 3.8) is 0 Å². The predicted molar refractivity (Wildman–Crippen MR) is 99.4 cm³/mol. The monoisotopic (exact) mass is 382 g/mol. The van der Waals surface area contributed by atoms with E-state index in [0.717, 1.165) is 17.0 Å². The summed E-state index contributed by atoms with van der Waals surface area (Å²) < 4.78 is 26.1. The number of hydrogen-bond acceptors (Lipinski definition) is 6. The molecule has 0 bridgehead atoms. The maximum absolute atomic E-state index is 13.0. The molecule has 2 aromatic carbocycles. The minimum absolute atomic E-state index is 0.287. The minimum Gasteiger partial charge on any atom is -0.495 e. The summed E-state index contributed by atoms with van der Waals surface area (Å²) in [5.74, 6) is 2.07. The van der Waals surface area contributed by atoms with Crippen LogP contribution in [0.1, 0.15) is 5.89 Å². The van der Waals surface area contributed by atoms with E-state index < -0.39 is 0 Å². The lowest BCUT2D eigenvalue weighted by Crippen LogP contribution is -1.98. The first kappa shape index (κ1) is 17.3. The molecule has 0 radical (unpaired) electrons. The molecule has 4 aromatic rings. The lowest BCUT2D eigenvalue weighted by atomic mass is 10.2. The van der Waals surface area contributed by atoms with E-state index in [-0.39, 0.29) is 5.82 Å². The van der Waals surface area contributed by atoms with E-state index in [0.29, 0.717) is 22.6 Å². The fourth-order valence-electron chi connectivity index (χ4n) is 2.57. The quantitative estimate of drug-likeness (QED) is 0.462. The molecule has 0 saturated carbocycles. The van der Waals surface area contributed by atoms with Crippen molar-refractivity contribution in [2.45, 2.75) is 10.9 Å². The van der Waals surface area contributed by atoms with E-state index in [9.17, 15) is 4.39 Å². The van der Waals surface area contributed by atoms with Gasteiger partial charge in [0.25, 0.3) is 0 Å². The Bertz CT molecular complexity index is 1050. The van der Waals surface area contributed by atoms with Crippen molar-refractivity contribution < 1.29 is 13.5 Å². The number of oxazole rings is 1. The van der Waals surface area contributed by atoms with E-state index in [2.05, 4.69) is 15.2 Å². The first-order valence-electron chi connectivity index (χ1n) is 8.11. The topological polar surface area (TPSA) is 66.0 Å². The van der Waals surface area contributed by atoms with Gasteiger partial charge in [0.2, 0.25) is 5.89 Å². The average Bonchev–Trinajstić information content (AvgIpc) is 3.36. The summed E-state index contributed by atoms with van der Waals surface area (Å²) in [6.45, 7) is 0. The molecule has 2 heterocycles. The van der Waals surface area contributed by atoms with Gasteiger partial charge in [0.1, 0.15) is 17.9 Å². The van der Waals surface area contributed by atoms with Crippen molar-refractivity contribution in [1.29, 1.82) is 0 Å². The molecular weight excluding hydrogens is 367 g/mol. The molecule has 6 nitrogen and oxygen atoms in total. The summed E-state index contributed by atoms with van der Waals surface area (Å²) in [5.41, 5.74) is 1.63. The number of hydrogen-bond donors (Lipinski definition) is 0. The molecule has 0 saturated heterocycles. The van der Waals surface area contributed by atoms with Gasteiger partial charge in [-0.2, -0.15) is 0 Å². The molecule has 2 aromatic heterocycles. The zero-order valence-electron chi connectivity index (χ0n) is 14.4. The third-order valence-corrected chi connectivity index (χ3v) is 4.80. The highest BCUT2D eigenvalue weighted by atomic mass is 32.2. The summed E-state index contributed by atoms with van der Waals surface area (Å²) in [6, 6.07) is 13.7. The lowest BCUT2D eigenvalue weighted by molar-refractivity contribution is 0.412. The van der Waals surface area contributed by atoms with E-state index >= 15 is 0 Å². The molecule has 0 fully saturated rings. The maximum atomic E-state index is 13.0. The van der Waals surface area contributed by atoms with Crippen LogP contribution in [-0.2, 0) is 5.75 Å². The van der Waals surface area contributed by atoms with Gasteiger partial charge in [-0.25, -0.2) is 9.37 Å². The largest absolute Gasteiger partial charge is 0.495 e. The Kier molecular flexibility index (Phi) is 4.88. The number of benzene rings is 2. The number of ether oxygens (including phenoxy) is 1. The number of halogens is 1. The van der Waals surface area contributed by atoms with Gasteiger partial charge < -0.3 is 9.15 Å². The lowest BCUT2D eigenvalue weighted by Gasteiger charge is -2.10. The summed E-state index contributed by atoms with van der Waals surface area (Å²) in [7, 11) is 1.62. The molecule has 0 aliphatic rings. The number of nitrogens with zero attached hydrogens (tertiary/aromatic N) is 4.